The maximum atomic E-state index is 12.8. The van der Waals surface area contributed by atoms with Gasteiger partial charge in [0.1, 0.15) is 6.61 Å². The van der Waals surface area contributed by atoms with Crippen LogP contribution in [0.25, 0.3) is 0 Å². The minimum Gasteiger partial charge on any atom is -0.462 e. The normalized spacial score (nSPS) is 13.9. The van der Waals surface area contributed by atoms with Crippen LogP contribution in [0.4, 0.5) is 0 Å². The molecule has 0 spiro atoms. The van der Waals surface area contributed by atoms with Crippen molar-refractivity contribution in [3.8, 4) is 0 Å². The first-order valence-corrected chi connectivity index (χ1v) is 39.8. The van der Waals surface area contributed by atoms with E-state index in [2.05, 4.69) is 196 Å². The summed E-state index contributed by atoms with van der Waals surface area (Å²) in [7, 11) is -4.42. The fourth-order valence-corrected chi connectivity index (χ4v) is 10.9. The molecule has 0 fully saturated rings. The summed E-state index contributed by atoms with van der Waals surface area (Å²) >= 11 is 0. The van der Waals surface area contributed by atoms with Gasteiger partial charge in [-0.3, -0.25) is 18.6 Å². The molecule has 0 bridgehead atoms. The van der Waals surface area contributed by atoms with Crippen LogP contribution in [0.1, 0.15) is 309 Å². The molecule has 0 aromatic carbocycles. The lowest BCUT2D eigenvalue weighted by Gasteiger charge is -2.19. The minimum absolute atomic E-state index is 0.0408. The van der Waals surface area contributed by atoms with Crippen molar-refractivity contribution < 1.29 is 37.6 Å². The first-order chi connectivity index (χ1) is 46.8. The Morgan fingerprint density at radius 3 is 0.863 bits per heavy atom. The zero-order valence-corrected chi connectivity index (χ0v) is 61.5. The zero-order valence-electron chi connectivity index (χ0n) is 60.6. The highest BCUT2D eigenvalue weighted by Gasteiger charge is 2.26. The molecule has 2 unspecified atom stereocenters. The number of carbonyl (C=O) groups excluding carboxylic acids is 2. The van der Waals surface area contributed by atoms with Crippen molar-refractivity contribution in [1.82, 2.24) is 0 Å². The molecule has 0 aliphatic rings. The van der Waals surface area contributed by atoms with E-state index >= 15 is 0 Å². The first kappa shape index (κ1) is 90.1. The molecule has 3 N–H and O–H groups in total. The lowest BCUT2D eigenvalue weighted by molar-refractivity contribution is -0.161. The van der Waals surface area contributed by atoms with Crippen molar-refractivity contribution in [2.45, 2.75) is 315 Å². The smallest absolute Gasteiger partial charge is 0.462 e. The van der Waals surface area contributed by atoms with E-state index in [4.69, 9.17) is 24.3 Å². The topological polar surface area (TPSA) is 134 Å². The van der Waals surface area contributed by atoms with Gasteiger partial charge in [-0.05, 0) is 141 Å². The summed E-state index contributed by atoms with van der Waals surface area (Å²) in [5, 5.41) is 0. The van der Waals surface area contributed by atoms with E-state index in [-0.39, 0.29) is 32.6 Å². The van der Waals surface area contributed by atoms with E-state index < -0.39 is 32.5 Å². The van der Waals surface area contributed by atoms with E-state index in [1.165, 1.54) is 141 Å². The Bertz CT molecular complexity index is 2220. The van der Waals surface area contributed by atoms with Crippen LogP contribution in [0.5, 0.6) is 0 Å². The first-order valence-electron chi connectivity index (χ1n) is 38.3. The Balaban J connectivity index is 3.98. The SMILES string of the molecule is CC/C=C\C/C=C\C/C=C\C/C=C\C/C=C\C/C=C\C/C=C\C/C=C\C/C=C\C/C=C\C/C=C\C/C=C\CCCCCCC(=O)OC(COC(=O)CCCCCCCCCCCCCCCCCCCC/C=C\C/C=C\C/C=C\CCCCCCC)COP(=O)(O)OCCN. The van der Waals surface area contributed by atoms with Crippen molar-refractivity contribution in [3.05, 3.63) is 182 Å². The molecule has 10 heteroatoms. The quantitative estimate of drug-likeness (QED) is 0.0264. The molecule has 538 valence electrons. The van der Waals surface area contributed by atoms with Crippen LogP contribution in [0, 0.1) is 0 Å². The van der Waals surface area contributed by atoms with E-state index in [0.29, 0.717) is 6.42 Å². The van der Waals surface area contributed by atoms with Crippen LogP contribution < -0.4 is 5.73 Å². The van der Waals surface area contributed by atoms with Crippen molar-refractivity contribution in [1.29, 1.82) is 0 Å². The predicted molar refractivity (Wildman–Crippen MR) is 412 cm³/mol. The Hall–Kier alpha value is -4.89. The molecule has 0 aromatic heterocycles. The monoisotopic (exact) mass is 1330 g/mol. The number of nitrogens with two attached hydrogens (primary N) is 1. The second kappa shape index (κ2) is 78.1. The van der Waals surface area contributed by atoms with Crippen molar-refractivity contribution in [3.63, 3.8) is 0 Å². The number of phosphoric ester groups is 1. The van der Waals surface area contributed by atoms with Gasteiger partial charge in [0.15, 0.2) is 6.10 Å². The van der Waals surface area contributed by atoms with Crippen molar-refractivity contribution >= 4 is 19.8 Å². The predicted octanol–water partition coefficient (Wildman–Crippen LogP) is 25.9. The Labute approximate surface area is 584 Å². The third-order valence-corrected chi connectivity index (χ3v) is 16.8. The van der Waals surface area contributed by atoms with Gasteiger partial charge in [0.25, 0.3) is 0 Å². The summed E-state index contributed by atoms with van der Waals surface area (Å²) in [6, 6.07) is 0. The Kier molecular flexibility index (Phi) is 74.1. The van der Waals surface area contributed by atoms with Crippen LogP contribution >= 0.6 is 7.82 Å². The third-order valence-electron chi connectivity index (χ3n) is 15.8. The summed E-state index contributed by atoms with van der Waals surface area (Å²) in [4.78, 5) is 35.4. The number of phosphoric acid groups is 1. The number of allylic oxidation sites excluding steroid dienone is 30. The van der Waals surface area contributed by atoms with Crippen molar-refractivity contribution in [2.24, 2.45) is 5.73 Å². The average molecular weight is 1340 g/mol. The molecule has 0 rings (SSSR count). The average Bonchev–Trinajstić information content (AvgIpc) is 2.75. The fourth-order valence-electron chi connectivity index (χ4n) is 10.2. The van der Waals surface area contributed by atoms with Gasteiger partial charge in [-0.2, -0.15) is 0 Å². The Morgan fingerprint density at radius 2 is 0.579 bits per heavy atom. The van der Waals surface area contributed by atoms with Gasteiger partial charge >= 0.3 is 19.8 Å². The maximum Gasteiger partial charge on any atom is 0.472 e. The molecular formula is C85H140NO8P. The van der Waals surface area contributed by atoms with E-state index in [1.807, 2.05) is 0 Å². The standard InChI is InChI=1S/C85H140NO8P/c1-3-5-7-9-11-13-15-17-19-21-23-25-27-29-31-33-35-37-38-39-40-41-42-43-44-46-48-50-52-54-56-58-60-62-64-66-68-70-72-74-76-78-85(88)94-83(82-93-95(89,90)92-80-79-86)81-91-84(87)77-75-73-71-69-67-65-63-61-59-57-55-53-51-49-47-45-36-34-32-30-28-26-24-22-20-18-16-14-12-10-8-6-4-2/h5,7,11,13,16-19,22-25,28-31,35,37,39-40,42-43,46,48,52,54,58,60,64,66,83H,3-4,6,8-10,12,14-15,20-21,26-27,32-34,36,38,41,44-45,47,49-51,53,55-57,59,61-63,65,67-82,86H2,1-2H3,(H,89,90)/b7-5-,13-11-,18-16-,19-17-,24-22-,25-23-,30-28-,31-29-,37-35-,40-39-,43-42-,48-46-,54-52-,60-58-,66-64-. The lowest BCUT2D eigenvalue weighted by Crippen LogP contribution is -2.29. The largest absolute Gasteiger partial charge is 0.472 e. The van der Waals surface area contributed by atoms with E-state index in [0.717, 1.165) is 135 Å². The van der Waals surface area contributed by atoms with Gasteiger partial charge in [0, 0.05) is 19.4 Å². The molecule has 0 saturated heterocycles. The second-order valence-electron chi connectivity index (χ2n) is 24.8. The fraction of sp³-hybridized carbons (Fsp3) is 0.624. The number of hydrogen-bond donors (Lipinski definition) is 2. The summed E-state index contributed by atoms with van der Waals surface area (Å²) < 4.78 is 33.2. The summed E-state index contributed by atoms with van der Waals surface area (Å²) in [6.45, 7) is 3.59. The third kappa shape index (κ3) is 78.0. The van der Waals surface area contributed by atoms with Gasteiger partial charge in [0.2, 0.25) is 0 Å². The highest BCUT2D eigenvalue weighted by Crippen LogP contribution is 2.43. The van der Waals surface area contributed by atoms with Gasteiger partial charge in [0.05, 0.1) is 13.2 Å². The summed E-state index contributed by atoms with van der Waals surface area (Å²) in [6.07, 6.45) is 117. The van der Waals surface area contributed by atoms with E-state index in [1.54, 1.807) is 0 Å². The number of ether oxygens (including phenoxy) is 2. The molecular weight excluding hydrogens is 1190 g/mol. The molecule has 0 amide bonds. The molecule has 0 aliphatic carbocycles. The molecule has 0 heterocycles. The lowest BCUT2D eigenvalue weighted by atomic mass is 10.0. The number of hydrogen-bond acceptors (Lipinski definition) is 8. The molecule has 0 saturated carbocycles. The second-order valence-corrected chi connectivity index (χ2v) is 26.2. The highest BCUT2D eigenvalue weighted by molar-refractivity contribution is 7.47. The van der Waals surface area contributed by atoms with E-state index in [9.17, 15) is 19.0 Å². The summed E-state index contributed by atoms with van der Waals surface area (Å²) in [5.41, 5.74) is 5.41. The molecule has 9 nitrogen and oxygen atoms in total. The van der Waals surface area contributed by atoms with Gasteiger partial charge in [-0.1, -0.05) is 337 Å². The van der Waals surface area contributed by atoms with Crippen molar-refractivity contribution in [2.75, 3.05) is 26.4 Å². The minimum atomic E-state index is -4.42. The van der Waals surface area contributed by atoms with Crippen LogP contribution in [0.15, 0.2) is 182 Å². The number of esters is 2. The number of rotatable bonds is 70. The van der Waals surface area contributed by atoms with Crippen LogP contribution in [-0.2, 0) is 32.7 Å². The summed E-state index contributed by atoms with van der Waals surface area (Å²) in [5.74, 6) is -0.861. The number of unbranched alkanes of at least 4 members (excludes halogenated alkanes) is 27. The molecule has 0 aromatic rings. The maximum absolute atomic E-state index is 12.8. The van der Waals surface area contributed by atoms with Gasteiger partial charge < -0.3 is 20.1 Å². The van der Waals surface area contributed by atoms with Crippen LogP contribution in [0.3, 0.4) is 0 Å². The Morgan fingerprint density at radius 1 is 0.326 bits per heavy atom. The van der Waals surface area contributed by atoms with Gasteiger partial charge in [-0.15, -0.1) is 0 Å². The highest BCUT2D eigenvalue weighted by atomic mass is 31.2. The molecule has 0 aliphatic heterocycles. The number of carbonyl (C=O) groups is 2. The van der Waals surface area contributed by atoms with Crippen LogP contribution in [0.2, 0.25) is 0 Å². The molecule has 95 heavy (non-hydrogen) atoms. The van der Waals surface area contributed by atoms with Gasteiger partial charge in [-0.25, -0.2) is 4.57 Å². The molecule has 2 atom stereocenters. The molecule has 0 radical (unpaired) electrons. The van der Waals surface area contributed by atoms with Crippen LogP contribution in [-0.4, -0.2) is 49.3 Å². The zero-order chi connectivity index (χ0) is 68.6.